The number of aromatic nitrogens is 5. The Bertz CT molecular complexity index is 1440. The van der Waals surface area contributed by atoms with Gasteiger partial charge in [0.25, 0.3) is 5.56 Å². The molecule has 150 valence electrons. The molecule has 4 aromatic rings. The minimum absolute atomic E-state index is 0.247. The SMILES string of the molecule is CC(=O)[C@@H](C)n1c(=O)c2c(nc3n(-c4cccc(Cl)c4C)c(C)cn23)n(C)c1=O. The second-order valence-electron chi connectivity index (χ2n) is 7.25. The maximum absolute atomic E-state index is 13.2. The number of imidazole rings is 2. The lowest BCUT2D eigenvalue weighted by atomic mass is 10.2. The highest BCUT2D eigenvalue weighted by Crippen LogP contribution is 2.27. The van der Waals surface area contributed by atoms with Gasteiger partial charge in [-0.25, -0.2) is 9.36 Å². The van der Waals surface area contributed by atoms with Crippen LogP contribution in [0.3, 0.4) is 0 Å². The van der Waals surface area contributed by atoms with E-state index >= 15 is 0 Å². The molecule has 0 aliphatic carbocycles. The normalized spacial score (nSPS) is 12.8. The zero-order chi connectivity index (χ0) is 21.2. The van der Waals surface area contributed by atoms with Crippen LogP contribution in [0.15, 0.2) is 34.0 Å². The van der Waals surface area contributed by atoms with Crippen LogP contribution in [0.1, 0.15) is 31.1 Å². The number of nitrogens with zero attached hydrogens (tertiary/aromatic N) is 5. The molecule has 0 aliphatic rings. The van der Waals surface area contributed by atoms with Crippen molar-refractivity contribution >= 4 is 34.3 Å². The first kappa shape index (κ1) is 19.2. The van der Waals surface area contributed by atoms with Crippen molar-refractivity contribution in [3.8, 4) is 5.69 Å². The van der Waals surface area contributed by atoms with Gasteiger partial charge in [0.2, 0.25) is 5.78 Å². The number of carbonyl (C=O) groups is 1. The molecule has 0 fully saturated rings. The zero-order valence-electron chi connectivity index (χ0n) is 16.7. The molecule has 0 bridgehead atoms. The van der Waals surface area contributed by atoms with E-state index in [1.54, 1.807) is 24.6 Å². The Morgan fingerprint density at radius 3 is 2.55 bits per heavy atom. The molecule has 1 aromatic carbocycles. The Kier molecular flexibility index (Phi) is 4.27. The predicted molar refractivity (Wildman–Crippen MR) is 111 cm³/mol. The number of halogens is 1. The van der Waals surface area contributed by atoms with Gasteiger partial charge >= 0.3 is 5.69 Å². The van der Waals surface area contributed by atoms with Crippen molar-refractivity contribution in [1.29, 1.82) is 0 Å². The van der Waals surface area contributed by atoms with Gasteiger partial charge in [-0.1, -0.05) is 17.7 Å². The number of benzene rings is 1. The fraction of sp³-hybridized carbons (Fsp3) is 0.300. The summed E-state index contributed by atoms with van der Waals surface area (Å²) in [5.74, 6) is 0.218. The van der Waals surface area contributed by atoms with Crippen molar-refractivity contribution in [2.45, 2.75) is 33.7 Å². The van der Waals surface area contributed by atoms with E-state index in [0.29, 0.717) is 10.8 Å². The lowest BCUT2D eigenvalue weighted by molar-refractivity contribution is -0.119. The maximum atomic E-state index is 13.2. The van der Waals surface area contributed by atoms with Crippen LogP contribution in [-0.2, 0) is 11.8 Å². The Morgan fingerprint density at radius 1 is 1.21 bits per heavy atom. The zero-order valence-corrected chi connectivity index (χ0v) is 17.5. The highest BCUT2D eigenvalue weighted by atomic mass is 35.5. The van der Waals surface area contributed by atoms with Crippen LogP contribution < -0.4 is 11.2 Å². The number of aryl methyl sites for hydroxylation is 2. The molecule has 0 radical (unpaired) electrons. The third-order valence-corrected chi connectivity index (χ3v) is 5.84. The third-order valence-electron chi connectivity index (χ3n) is 5.43. The highest BCUT2D eigenvalue weighted by Gasteiger charge is 2.24. The number of carbonyl (C=O) groups excluding carboxylic acids is 1. The topological polar surface area (TPSA) is 83.3 Å². The first-order valence-corrected chi connectivity index (χ1v) is 9.50. The molecule has 9 heteroatoms. The van der Waals surface area contributed by atoms with Crippen molar-refractivity contribution in [2.75, 3.05) is 0 Å². The van der Waals surface area contributed by atoms with E-state index in [-0.39, 0.29) is 16.9 Å². The lowest BCUT2D eigenvalue weighted by Gasteiger charge is -2.12. The molecule has 0 saturated carbocycles. The molecule has 29 heavy (non-hydrogen) atoms. The molecule has 3 heterocycles. The summed E-state index contributed by atoms with van der Waals surface area (Å²) in [4.78, 5) is 42.4. The van der Waals surface area contributed by atoms with Gasteiger partial charge in [0, 0.05) is 24.0 Å². The van der Waals surface area contributed by atoms with Gasteiger partial charge in [-0.15, -0.1) is 0 Å². The number of fused-ring (bicyclic) bond motifs is 3. The van der Waals surface area contributed by atoms with Crippen LogP contribution in [0, 0.1) is 13.8 Å². The summed E-state index contributed by atoms with van der Waals surface area (Å²) in [7, 11) is 1.54. The van der Waals surface area contributed by atoms with E-state index in [0.717, 1.165) is 21.5 Å². The predicted octanol–water partition coefficient (Wildman–Crippen LogP) is 2.56. The largest absolute Gasteiger partial charge is 0.333 e. The van der Waals surface area contributed by atoms with Crippen LogP contribution in [0.5, 0.6) is 0 Å². The van der Waals surface area contributed by atoms with Gasteiger partial charge in [-0.3, -0.25) is 23.1 Å². The maximum Gasteiger partial charge on any atom is 0.333 e. The van der Waals surface area contributed by atoms with Crippen LogP contribution in [0.2, 0.25) is 5.02 Å². The lowest BCUT2D eigenvalue weighted by Crippen LogP contribution is -2.42. The van der Waals surface area contributed by atoms with Crippen LogP contribution in [0.25, 0.3) is 22.6 Å². The van der Waals surface area contributed by atoms with Gasteiger partial charge in [0.15, 0.2) is 16.9 Å². The minimum atomic E-state index is -0.866. The van der Waals surface area contributed by atoms with Crippen molar-refractivity contribution in [3.63, 3.8) is 0 Å². The van der Waals surface area contributed by atoms with Crippen LogP contribution in [-0.4, -0.2) is 28.9 Å². The summed E-state index contributed by atoms with van der Waals surface area (Å²) in [6.07, 6.45) is 1.79. The molecule has 0 unspecified atom stereocenters. The number of hydrogen-bond donors (Lipinski definition) is 0. The fourth-order valence-electron chi connectivity index (χ4n) is 3.64. The minimum Gasteiger partial charge on any atom is -0.298 e. The molecule has 0 N–H and O–H groups in total. The molecule has 0 saturated heterocycles. The van der Waals surface area contributed by atoms with Gasteiger partial charge in [-0.05, 0) is 45.4 Å². The Balaban J connectivity index is 2.17. The second-order valence-corrected chi connectivity index (χ2v) is 7.65. The summed E-state index contributed by atoms with van der Waals surface area (Å²) in [6, 6.07) is 4.71. The van der Waals surface area contributed by atoms with Crippen molar-refractivity contribution in [1.82, 2.24) is 23.1 Å². The third kappa shape index (κ3) is 2.59. The number of rotatable bonds is 3. The van der Waals surface area contributed by atoms with E-state index in [2.05, 4.69) is 4.98 Å². The quantitative estimate of drug-likeness (QED) is 0.516. The fourth-order valence-corrected chi connectivity index (χ4v) is 3.81. The van der Waals surface area contributed by atoms with E-state index < -0.39 is 17.3 Å². The first-order valence-electron chi connectivity index (χ1n) is 9.12. The van der Waals surface area contributed by atoms with E-state index in [9.17, 15) is 14.4 Å². The average molecular weight is 414 g/mol. The monoisotopic (exact) mass is 413 g/mol. The molecule has 3 aromatic heterocycles. The van der Waals surface area contributed by atoms with Crippen LogP contribution in [0.4, 0.5) is 0 Å². The standard InChI is InChI=1S/C20H20ClN5O3/c1-10-9-24-16-17(23(5)20(29)26(18(16)28)12(3)13(4)27)22-19(24)25(10)15-8-6-7-14(21)11(15)2/h6-9,12H,1-5H3/t12-/m1/s1. The molecular formula is C20H20ClN5O3. The van der Waals surface area contributed by atoms with E-state index in [4.69, 9.17) is 11.6 Å². The van der Waals surface area contributed by atoms with Crippen molar-refractivity contribution < 1.29 is 4.79 Å². The highest BCUT2D eigenvalue weighted by molar-refractivity contribution is 6.31. The smallest absolute Gasteiger partial charge is 0.298 e. The first-order chi connectivity index (χ1) is 13.6. The Hall–Kier alpha value is -3.13. The molecule has 0 amide bonds. The number of Topliss-reactive ketones (excluding diaryl/α,β-unsaturated/α-hetero) is 1. The van der Waals surface area contributed by atoms with E-state index in [1.807, 2.05) is 36.6 Å². The van der Waals surface area contributed by atoms with Gasteiger partial charge in [0.05, 0.1) is 11.7 Å². The number of ketones is 1. The van der Waals surface area contributed by atoms with Gasteiger partial charge < -0.3 is 0 Å². The van der Waals surface area contributed by atoms with E-state index in [1.165, 1.54) is 11.5 Å². The van der Waals surface area contributed by atoms with Crippen molar-refractivity contribution in [3.05, 3.63) is 61.5 Å². The number of hydrogen-bond acceptors (Lipinski definition) is 4. The average Bonchev–Trinajstić information content (AvgIpc) is 3.17. The molecular weight excluding hydrogens is 394 g/mol. The summed E-state index contributed by atoms with van der Waals surface area (Å²) in [5, 5.41) is 0.620. The molecule has 4 rings (SSSR count). The molecule has 1 atom stereocenters. The molecule has 0 spiro atoms. The summed E-state index contributed by atoms with van der Waals surface area (Å²) < 4.78 is 5.84. The van der Waals surface area contributed by atoms with Crippen molar-refractivity contribution in [2.24, 2.45) is 7.05 Å². The van der Waals surface area contributed by atoms with Gasteiger partial charge in [0.1, 0.15) is 0 Å². The molecule has 0 aliphatic heterocycles. The summed E-state index contributed by atoms with van der Waals surface area (Å²) in [5.41, 5.74) is 1.94. The summed E-state index contributed by atoms with van der Waals surface area (Å²) >= 11 is 6.30. The Labute approximate surface area is 170 Å². The molecule has 8 nitrogen and oxygen atoms in total. The van der Waals surface area contributed by atoms with Gasteiger partial charge in [-0.2, -0.15) is 4.98 Å². The summed E-state index contributed by atoms with van der Waals surface area (Å²) in [6.45, 7) is 6.71. The Morgan fingerprint density at radius 2 is 1.90 bits per heavy atom. The van der Waals surface area contributed by atoms with Crippen LogP contribution >= 0.6 is 11.6 Å². The second kappa shape index (κ2) is 6.45.